The molecule has 0 radical (unpaired) electrons. The number of amides is 2. The minimum atomic E-state index is -0.333. The summed E-state index contributed by atoms with van der Waals surface area (Å²) in [6.45, 7) is 2.62. The van der Waals surface area contributed by atoms with E-state index < -0.39 is 0 Å². The summed E-state index contributed by atoms with van der Waals surface area (Å²) >= 11 is 12.1. The van der Waals surface area contributed by atoms with Gasteiger partial charge in [-0.3, -0.25) is 9.59 Å². The van der Waals surface area contributed by atoms with Crippen molar-refractivity contribution in [2.45, 2.75) is 6.42 Å². The molecular weight excluding hydrogens is 327 g/mol. The zero-order chi connectivity index (χ0) is 15.7. The molecule has 0 N–H and O–H groups in total. The Labute approximate surface area is 138 Å². The highest BCUT2D eigenvalue weighted by atomic mass is 35.5. The molecule has 3 rings (SSSR count). The highest BCUT2D eigenvalue weighted by Crippen LogP contribution is 2.33. The number of hydrogen-bond acceptors (Lipinski definition) is 3. The molecule has 22 heavy (non-hydrogen) atoms. The molecule has 7 heteroatoms. The first-order valence-corrected chi connectivity index (χ1v) is 7.94. The molecule has 0 bridgehead atoms. The lowest BCUT2D eigenvalue weighted by molar-refractivity contribution is -0.139. The van der Waals surface area contributed by atoms with Crippen molar-refractivity contribution in [1.82, 2.24) is 4.90 Å². The summed E-state index contributed by atoms with van der Waals surface area (Å²) in [5.74, 6) is -0.422. The van der Waals surface area contributed by atoms with Crippen LogP contribution in [0.25, 0.3) is 0 Å². The Kier molecular flexibility index (Phi) is 4.57. The number of carbonyl (C=O) groups excluding carboxylic acids is 2. The van der Waals surface area contributed by atoms with Crippen molar-refractivity contribution in [3.05, 3.63) is 28.2 Å². The molecule has 118 valence electrons. The normalized spacial score (nSPS) is 22.3. The molecule has 2 saturated heterocycles. The average Bonchev–Trinajstić information content (AvgIpc) is 2.91. The third kappa shape index (κ3) is 3.07. The monoisotopic (exact) mass is 342 g/mol. The van der Waals surface area contributed by atoms with E-state index in [4.69, 9.17) is 27.9 Å². The minimum absolute atomic E-state index is 0.0114. The van der Waals surface area contributed by atoms with Gasteiger partial charge in [0, 0.05) is 31.1 Å². The first-order valence-electron chi connectivity index (χ1n) is 7.18. The van der Waals surface area contributed by atoms with E-state index in [2.05, 4.69) is 0 Å². The highest BCUT2D eigenvalue weighted by Gasteiger charge is 2.38. The summed E-state index contributed by atoms with van der Waals surface area (Å²) in [5.41, 5.74) is 0.566. The predicted molar refractivity (Wildman–Crippen MR) is 84.3 cm³/mol. The molecule has 0 aliphatic carbocycles. The van der Waals surface area contributed by atoms with Gasteiger partial charge in [0.05, 0.1) is 29.8 Å². The quantitative estimate of drug-likeness (QED) is 0.827. The van der Waals surface area contributed by atoms with Crippen LogP contribution >= 0.6 is 23.2 Å². The molecule has 0 spiro atoms. The molecule has 2 amide bonds. The molecule has 2 aliphatic heterocycles. The molecule has 2 heterocycles. The maximum Gasteiger partial charge on any atom is 0.228 e. The van der Waals surface area contributed by atoms with Crippen LogP contribution in [0.4, 0.5) is 5.69 Å². The van der Waals surface area contributed by atoms with Crippen molar-refractivity contribution < 1.29 is 14.3 Å². The number of ether oxygens (including phenoxy) is 1. The van der Waals surface area contributed by atoms with Crippen LogP contribution < -0.4 is 4.90 Å². The van der Waals surface area contributed by atoms with Gasteiger partial charge >= 0.3 is 0 Å². The van der Waals surface area contributed by atoms with E-state index in [0.29, 0.717) is 48.6 Å². The highest BCUT2D eigenvalue weighted by molar-refractivity contribution is 6.35. The third-order valence-corrected chi connectivity index (χ3v) is 4.55. The van der Waals surface area contributed by atoms with Gasteiger partial charge in [-0.2, -0.15) is 0 Å². The average molecular weight is 343 g/mol. The maximum absolute atomic E-state index is 12.5. The van der Waals surface area contributed by atoms with Gasteiger partial charge in [0.25, 0.3) is 0 Å². The number of rotatable bonds is 2. The fourth-order valence-electron chi connectivity index (χ4n) is 2.84. The van der Waals surface area contributed by atoms with Gasteiger partial charge in [0.1, 0.15) is 0 Å². The fourth-order valence-corrected chi connectivity index (χ4v) is 3.23. The number of halogens is 2. The Bertz CT molecular complexity index is 602. The SMILES string of the molecule is O=C(C1CC(=O)N(c2cc(Cl)ccc2Cl)C1)N1CCOCC1. The van der Waals surface area contributed by atoms with Crippen molar-refractivity contribution in [2.24, 2.45) is 5.92 Å². The lowest BCUT2D eigenvalue weighted by Crippen LogP contribution is -2.44. The van der Waals surface area contributed by atoms with E-state index in [1.807, 2.05) is 0 Å². The van der Waals surface area contributed by atoms with Gasteiger partial charge in [0.15, 0.2) is 0 Å². The van der Waals surface area contributed by atoms with E-state index in [-0.39, 0.29) is 24.2 Å². The van der Waals surface area contributed by atoms with Crippen molar-refractivity contribution in [3.8, 4) is 0 Å². The van der Waals surface area contributed by atoms with Crippen LogP contribution in [0.15, 0.2) is 18.2 Å². The van der Waals surface area contributed by atoms with Gasteiger partial charge in [-0.15, -0.1) is 0 Å². The lowest BCUT2D eigenvalue weighted by Gasteiger charge is -2.29. The van der Waals surface area contributed by atoms with Gasteiger partial charge in [0.2, 0.25) is 11.8 Å². The predicted octanol–water partition coefficient (Wildman–Crippen LogP) is 2.21. The van der Waals surface area contributed by atoms with Gasteiger partial charge in [-0.25, -0.2) is 0 Å². The summed E-state index contributed by atoms with van der Waals surface area (Å²) in [7, 11) is 0. The second-order valence-electron chi connectivity index (χ2n) is 5.44. The molecule has 1 unspecified atom stereocenters. The number of hydrogen-bond donors (Lipinski definition) is 0. The Morgan fingerprint density at radius 1 is 1.23 bits per heavy atom. The van der Waals surface area contributed by atoms with Crippen molar-refractivity contribution >= 4 is 40.7 Å². The molecule has 0 aromatic heterocycles. The second-order valence-corrected chi connectivity index (χ2v) is 6.28. The molecule has 1 aromatic carbocycles. The van der Waals surface area contributed by atoms with Gasteiger partial charge < -0.3 is 14.5 Å². The zero-order valence-electron chi connectivity index (χ0n) is 11.9. The van der Waals surface area contributed by atoms with Crippen LogP contribution in [0, 0.1) is 5.92 Å². The standard InChI is InChI=1S/C15H16Cl2N2O3/c16-11-1-2-12(17)13(8-11)19-9-10(7-14(19)20)15(21)18-3-5-22-6-4-18/h1-2,8,10H,3-7,9H2. The molecule has 0 saturated carbocycles. The fraction of sp³-hybridized carbons (Fsp3) is 0.467. The minimum Gasteiger partial charge on any atom is -0.378 e. The number of anilines is 1. The smallest absolute Gasteiger partial charge is 0.228 e. The van der Waals surface area contributed by atoms with Crippen LogP contribution in [0.1, 0.15) is 6.42 Å². The van der Waals surface area contributed by atoms with Crippen molar-refractivity contribution in [1.29, 1.82) is 0 Å². The molecule has 1 aromatic rings. The summed E-state index contributed by atoms with van der Waals surface area (Å²) in [5, 5.41) is 0.965. The van der Waals surface area contributed by atoms with Crippen LogP contribution in [0.3, 0.4) is 0 Å². The Balaban J connectivity index is 1.75. The Hall–Kier alpha value is -1.30. The Morgan fingerprint density at radius 3 is 2.68 bits per heavy atom. The number of morpholine rings is 1. The lowest BCUT2D eigenvalue weighted by atomic mass is 10.1. The summed E-state index contributed by atoms with van der Waals surface area (Å²) in [6, 6.07) is 4.98. The molecule has 2 fully saturated rings. The van der Waals surface area contributed by atoms with E-state index in [0.717, 1.165) is 0 Å². The number of carbonyl (C=O) groups is 2. The van der Waals surface area contributed by atoms with Crippen LogP contribution in [-0.4, -0.2) is 49.6 Å². The maximum atomic E-state index is 12.5. The van der Waals surface area contributed by atoms with Crippen LogP contribution in [0.2, 0.25) is 10.0 Å². The second kappa shape index (κ2) is 6.44. The number of nitrogens with zero attached hydrogens (tertiary/aromatic N) is 2. The summed E-state index contributed by atoms with van der Waals surface area (Å²) in [4.78, 5) is 28.1. The molecular formula is C15H16Cl2N2O3. The van der Waals surface area contributed by atoms with Crippen LogP contribution in [-0.2, 0) is 14.3 Å². The van der Waals surface area contributed by atoms with E-state index in [9.17, 15) is 9.59 Å². The van der Waals surface area contributed by atoms with E-state index >= 15 is 0 Å². The van der Waals surface area contributed by atoms with Crippen LogP contribution in [0.5, 0.6) is 0 Å². The van der Waals surface area contributed by atoms with E-state index in [1.165, 1.54) is 0 Å². The first-order chi connectivity index (χ1) is 10.6. The Morgan fingerprint density at radius 2 is 1.95 bits per heavy atom. The molecule has 1 atom stereocenters. The first kappa shape index (κ1) is 15.6. The topological polar surface area (TPSA) is 49.9 Å². The molecule has 2 aliphatic rings. The van der Waals surface area contributed by atoms with Gasteiger partial charge in [-0.05, 0) is 18.2 Å². The summed E-state index contributed by atoms with van der Waals surface area (Å²) in [6.07, 6.45) is 0.207. The van der Waals surface area contributed by atoms with Crippen molar-refractivity contribution in [2.75, 3.05) is 37.7 Å². The zero-order valence-corrected chi connectivity index (χ0v) is 13.4. The molecule has 5 nitrogen and oxygen atoms in total. The van der Waals surface area contributed by atoms with Crippen molar-refractivity contribution in [3.63, 3.8) is 0 Å². The largest absolute Gasteiger partial charge is 0.378 e. The third-order valence-electron chi connectivity index (χ3n) is 4.00. The summed E-state index contributed by atoms with van der Waals surface area (Å²) < 4.78 is 5.25. The van der Waals surface area contributed by atoms with Gasteiger partial charge in [-0.1, -0.05) is 23.2 Å². The van der Waals surface area contributed by atoms with E-state index in [1.54, 1.807) is 28.0 Å². The number of benzene rings is 1.